The van der Waals surface area contributed by atoms with Crippen molar-refractivity contribution in [1.82, 2.24) is 4.90 Å². The Kier molecular flexibility index (Phi) is 4.84. The number of ether oxygens (including phenoxy) is 2. The standard InChI is InChI=1S/C14H22N2O2/c1-17-13-4-2-3-5-14(13)18-11-10-16-8-6-12(15)7-9-16/h2-5,12H,6-11,15H2,1H3. The average Bonchev–Trinajstić information content (AvgIpc) is 2.41. The summed E-state index contributed by atoms with van der Waals surface area (Å²) in [5, 5.41) is 0. The molecule has 1 aromatic rings. The molecular formula is C14H22N2O2. The fraction of sp³-hybridized carbons (Fsp3) is 0.571. The van der Waals surface area contributed by atoms with Crippen molar-refractivity contribution in [3.63, 3.8) is 0 Å². The molecule has 0 unspecified atom stereocenters. The fourth-order valence-corrected chi connectivity index (χ4v) is 2.20. The van der Waals surface area contributed by atoms with Crippen LogP contribution in [-0.4, -0.2) is 44.3 Å². The highest BCUT2D eigenvalue weighted by atomic mass is 16.5. The number of hydrogen-bond donors (Lipinski definition) is 1. The van der Waals surface area contributed by atoms with Crippen molar-refractivity contribution in [2.75, 3.05) is 33.4 Å². The van der Waals surface area contributed by atoms with E-state index in [1.807, 2.05) is 24.3 Å². The Labute approximate surface area is 109 Å². The second-order valence-electron chi connectivity index (χ2n) is 4.68. The van der Waals surface area contributed by atoms with Gasteiger partial charge in [-0.1, -0.05) is 12.1 Å². The van der Waals surface area contributed by atoms with Crippen LogP contribution in [0.1, 0.15) is 12.8 Å². The van der Waals surface area contributed by atoms with Gasteiger partial charge in [0.1, 0.15) is 6.61 Å². The Morgan fingerprint density at radius 2 is 1.89 bits per heavy atom. The number of para-hydroxylation sites is 2. The maximum Gasteiger partial charge on any atom is 0.161 e. The van der Waals surface area contributed by atoms with Crippen molar-refractivity contribution < 1.29 is 9.47 Å². The van der Waals surface area contributed by atoms with E-state index in [9.17, 15) is 0 Å². The molecule has 1 aliphatic heterocycles. The lowest BCUT2D eigenvalue weighted by molar-refractivity contribution is 0.172. The van der Waals surface area contributed by atoms with Gasteiger partial charge < -0.3 is 15.2 Å². The molecule has 2 rings (SSSR count). The first-order valence-corrected chi connectivity index (χ1v) is 6.53. The lowest BCUT2D eigenvalue weighted by Gasteiger charge is -2.29. The minimum atomic E-state index is 0.386. The molecule has 0 radical (unpaired) electrons. The van der Waals surface area contributed by atoms with Gasteiger partial charge in [0.15, 0.2) is 11.5 Å². The van der Waals surface area contributed by atoms with Gasteiger partial charge in [0.05, 0.1) is 7.11 Å². The molecule has 1 saturated heterocycles. The third kappa shape index (κ3) is 3.62. The van der Waals surface area contributed by atoms with Crippen LogP contribution < -0.4 is 15.2 Å². The van der Waals surface area contributed by atoms with E-state index in [0.29, 0.717) is 12.6 Å². The minimum Gasteiger partial charge on any atom is -0.493 e. The zero-order valence-electron chi connectivity index (χ0n) is 11.0. The largest absolute Gasteiger partial charge is 0.493 e. The number of hydrogen-bond acceptors (Lipinski definition) is 4. The highest BCUT2D eigenvalue weighted by molar-refractivity contribution is 5.39. The van der Waals surface area contributed by atoms with Gasteiger partial charge >= 0.3 is 0 Å². The summed E-state index contributed by atoms with van der Waals surface area (Å²) in [4.78, 5) is 2.40. The number of rotatable bonds is 5. The first-order chi connectivity index (χ1) is 8.79. The maximum atomic E-state index is 5.88. The Balaban J connectivity index is 1.75. The number of piperidine rings is 1. The van der Waals surface area contributed by atoms with Crippen LogP contribution in [0.3, 0.4) is 0 Å². The van der Waals surface area contributed by atoms with Crippen LogP contribution in [0.2, 0.25) is 0 Å². The predicted octanol–water partition coefficient (Wildman–Crippen LogP) is 1.50. The zero-order valence-corrected chi connectivity index (χ0v) is 11.0. The Morgan fingerprint density at radius 3 is 2.56 bits per heavy atom. The molecule has 18 heavy (non-hydrogen) atoms. The van der Waals surface area contributed by atoms with E-state index >= 15 is 0 Å². The molecule has 4 nitrogen and oxygen atoms in total. The molecular weight excluding hydrogens is 228 g/mol. The summed E-state index contributed by atoms with van der Waals surface area (Å²) < 4.78 is 11.0. The monoisotopic (exact) mass is 250 g/mol. The average molecular weight is 250 g/mol. The molecule has 0 spiro atoms. The first kappa shape index (κ1) is 13.2. The Morgan fingerprint density at radius 1 is 1.22 bits per heavy atom. The van der Waals surface area contributed by atoms with E-state index < -0.39 is 0 Å². The van der Waals surface area contributed by atoms with Crippen LogP contribution in [0.15, 0.2) is 24.3 Å². The second kappa shape index (κ2) is 6.61. The molecule has 1 aliphatic rings. The van der Waals surface area contributed by atoms with Crippen LogP contribution in [-0.2, 0) is 0 Å². The van der Waals surface area contributed by atoms with Crippen LogP contribution in [0, 0.1) is 0 Å². The van der Waals surface area contributed by atoms with Gasteiger partial charge in [-0.05, 0) is 38.1 Å². The van der Waals surface area contributed by atoms with Crippen molar-refractivity contribution in [2.45, 2.75) is 18.9 Å². The van der Waals surface area contributed by atoms with E-state index in [1.165, 1.54) is 0 Å². The normalized spacial score (nSPS) is 17.7. The summed E-state index contributed by atoms with van der Waals surface area (Å²) in [6, 6.07) is 8.13. The number of benzene rings is 1. The molecule has 100 valence electrons. The van der Waals surface area contributed by atoms with Crippen LogP contribution in [0.4, 0.5) is 0 Å². The molecule has 0 saturated carbocycles. The number of nitrogens with zero attached hydrogens (tertiary/aromatic N) is 1. The number of nitrogens with two attached hydrogens (primary N) is 1. The third-order valence-corrected chi connectivity index (χ3v) is 3.37. The summed E-state index contributed by atoms with van der Waals surface area (Å²) in [6.07, 6.45) is 2.18. The van der Waals surface area contributed by atoms with E-state index in [-0.39, 0.29) is 0 Å². The van der Waals surface area contributed by atoms with Gasteiger partial charge in [-0.3, -0.25) is 4.90 Å². The van der Waals surface area contributed by atoms with E-state index in [2.05, 4.69) is 4.90 Å². The molecule has 2 N–H and O–H groups in total. The Hall–Kier alpha value is -1.26. The summed E-state index contributed by atoms with van der Waals surface area (Å²) >= 11 is 0. The van der Waals surface area contributed by atoms with Gasteiger partial charge in [-0.25, -0.2) is 0 Å². The molecule has 4 heteroatoms. The van der Waals surface area contributed by atoms with Gasteiger partial charge in [0, 0.05) is 12.6 Å². The third-order valence-electron chi connectivity index (χ3n) is 3.37. The lowest BCUT2D eigenvalue weighted by Crippen LogP contribution is -2.41. The minimum absolute atomic E-state index is 0.386. The van der Waals surface area contributed by atoms with Crippen LogP contribution in [0.5, 0.6) is 11.5 Å². The van der Waals surface area contributed by atoms with Gasteiger partial charge in [0.25, 0.3) is 0 Å². The fourth-order valence-electron chi connectivity index (χ4n) is 2.20. The van der Waals surface area contributed by atoms with Gasteiger partial charge in [0.2, 0.25) is 0 Å². The molecule has 0 bridgehead atoms. The van der Waals surface area contributed by atoms with Crippen molar-refractivity contribution >= 4 is 0 Å². The van der Waals surface area contributed by atoms with Crippen molar-refractivity contribution in [1.29, 1.82) is 0 Å². The Bertz CT molecular complexity index is 363. The highest BCUT2D eigenvalue weighted by Gasteiger charge is 2.15. The summed E-state index contributed by atoms with van der Waals surface area (Å²) in [6.45, 7) is 3.80. The quantitative estimate of drug-likeness (QED) is 0.860. The highest BCUT2D eigenvalue weighted by Crippen LogP contribution is 2.25. The van der Waals surface area contributed by atoms with Crippen molar-refractivity contribution in [3.05, 3.63) is 24.3 Å². The van der Waals surface area contributed by atoms with E-state index in [4.69, 9.17) is 15.2 Å². The molecule has 0 aliphatic carbocycles. The van der Waals surface area contributed by atoms with Crippen molar-refractivity contribution in [3.8, 4) is 11.5 Å². The zero-order chi connectivity index (χ0) is 12.8. The molecule has 1 aromatic carbocycles. The smallest absolute Gasteiger partial charge is 0.161 e. The van der Waals surface area contributed by atoms with Crippen molar-refractivity contribution in [2.24, 2.45) is 5.73 Å². The summed E-state index contributed by atoms with van der Waals surface area (Å²) in [7, 11) is 1.66. The molecule has 1 fully saturated rings. The molecule has 0 amide bonds. The van der Waals surface area contributed by atoms with E-state index in [1.54, 1.807) is 7.11 Å². The second-order valence-corrected chi connectivity index (χ2v) is 4.68. The SMILES string of the molecule is COc1ccccc1OCCN1CCC(N)CC1. The first-order valence-electron chi connectivity index (χ1n) is 6.53. The maximum absolute atomic E-state index is 5.88. The predicted molar refractivity (Wildman–Crippen MR) is 72.1 cm³/mol. The van der Waals surface area contributed by atoms with E-state index in [0.717, 1.165) is 44.0 Å². The number of likely N-dealkylation sites (tertiary alicyclic amines) is 1. The van der Waals surface area contributed by atoms with Gasteiger partial charge in [-0.2, -0.15) is 0 Å². The lowest BCUT2D eigenvalue weighted by atomic mass is 10.1. The van der Waals surface area contributed by atoms with Crippen LogP contribution in [0.25, 0.3) is 0 Å². The summed E-state index contributed by atoms with van der Waals surface area (Å²) in [5.41, 5.74) is 5.88. The molecule has 0 aromatic heterocycles. The molecule has 0 atom stereocenters. The van der Waals surface area contributed by atoms with Crippen LogP contribution >= 0.6 is 0 Å². The molecule has 1 heterocycles. The summed E-state index contributed by atoms with van der Waals surface area (Å²) in [5.74, 6) is 1.60. The topological polar surface area (TPSA) is 47.7 Å². The van der Waals surface area contributed by atoms with Gasteiger partial charge in [-0.15, -0.1) is 0 Å². The number of methoxy groups -OCH3 is 1.